The number of benzene rings is 1. The topological polar surface area (TPSA) is 81.2 Å². The number of aryl methyl sites for hydroxylation is 2. The maximum absolute atomic E-state index is 12.5. The molecule has 126 valence electrons. The molecule has 25 heavy (non-hydrogen) atoms. The summed E-state index contributed by atoms with van der Waals surface area (Å²) >= 11 is 3.17. The van der Waals surface area contributed by atoms with Gasteiger partial charge in [0.05, 0.1) is 0 Å². The van der Waals surface area contributed by atoms with E-state index in [9.17, 15) is 4.79 Å². The summed E-state index contributed by atoms with van der Waals surface area (Å²) in [6, 6.07) is 9.45. The van der Waals surface area contributed by atoms with E-state index in [2.05, 4.69) is 37.3 Å². The molecule has 0 spiro atoms. The number of nitrogens with one attached hydrogen (secondary N) is 1. The first-order valence-electron chi connectivity index (χ1n) is 7.42. The predicted octanol–water partition coefficient (Wildman–Crippen LogP) is 5.02. The second-order valence-corrected chi connectivity index (χ2v) is 7.35. The molecular formula is C17H12IN3O3S. The highest BCUT2D eigenvalue weighted by molar-refractivity contribution is 14.1. The number of hydrogen-bond acceptors (Lipinski definition) is 6. The molecule has 0 atom stereocenters. The maximum atomic E-state index is 12.5. The molecule has 3 aromatic heterocycles. The molecule has 0 aliphatic heterocycles. The molecule has 1 aromatic carbocycles. The van der Waals surface area contributed by atoms with E-state index in [1.165, 1.54) is 0 Å². The smallest absolute Gasteiger partial charge is 0.293 e. The SMILES string of the molecule is Cc1ccc2oc(C(=O)Nc3nc(-c4ccc(I)o4)ns3)c(C)c2c1. The Labute approximate surface area is 160 Å². The Morgan fingerprint density at radius 1 is 1.20 bits per heavy atom. The van der Waals surface area contributed by atoms with E-state index in [-0.39, 0.29) is 11.7 Å². The Kier molecular flexibility index (Phi) is 4.08. The van der Waals surface area contributed by atoms with Gasteiger partial charge in [-0.05, 0) is 60.7 Å². The first-order valence-corrected chi connectivity index (χ1v) is 9.27. The first kappa shape index (κ1) is 16.3. The van der Waals surface area contributed by atoms with Crippen molar-refractivity contribution in [2.24, 2.45) is 0 Å². The normalized spacial score (nSPS) is 11.2. The number of carbonyl (C=O) groups excluding carboxylic acids is 1. The second kappa shape index (κ2) is 6.26. The summed E-state index contributed by atoms with van der Waals surface area (Å²) in [6.07, 6.45) is 0. The summed E-state index contributed by atoms with van der Waals surface area (Å²) in [6.45, 7) is 3.88. The van der Waals surface area contributed by atoms with E-state index in [1.807, 2.05) is 38.1 Å². The third kappa shape index (κ3) is 3.07. The van der Waals surface area contributed by atoms with Crippen molar-refractivity contribution < 1.29 is 13.6 Å². The molecule has 0 bridgehead atoms. The lowest BCUT2D eigenvalue weighted by atomic mass is 10.1. The summed E-state index contributed by atoms with van der Waals surface area (Å²) in [5.74, 6) is 0.949. The molecule has 1 N–H and O–H groups in total. The van der Waals surface area contributed by atoms with Crippen LogP contribution >= 0.6 is 34.1 Å². The van der Waals surface area contributed by atoms with Crippen molar-refractivity contribution in [3.63, 3.8) is 0 Å². The van der Waals surface area contributed by atoms with E-state index in [1.54, 1.807) is 6.07 Å². The van der Waals surface area contributed by atoms with Crippen LogP contribution in [0.3, 0.4) is 0 Å². The average molecular weight is 465 g/mol. The lowest BCUT2D eigenvalue weighted by Gasteiger charge is -1.98. The summed E-state index contributed by atoms with van der Waals surface area (Å²) in [4.78, 5) is 16.8. The van der Waals surface area contributed by atoms with Crippen LogP contribution < -0.4 is 5.32 Å². The third-order valence-corrected chi connectivity index (χ3v) is 4.95. The molecule has 8 heteroatoms. The van der Waals surface area contributed by atoms with Gasteiger partial charge < -0.3 is 8.83 Å². The maximum Gasteiger partial charge on any atom is 0.293 e. The van der Waals surface area contributed by atoms with Gasteiger partial charge in [0.2, 0.25) is 11.0 Å². The summed E-state index contributed by atoms with van der Waals surface area (Å²) in [7, 11) is 0. The van der Waals surface area contributed by atoms with Gasteiger partial charge in [0, 0.05) is 22.5 Å². The van der Waals surface area contributed by atoms with Crippen LogP contribution in [0.25, 0.3) is 22.6 Å². The van der Waals surface area contributed by atoms with Gasteiger partial charge in [0.25, 0.3) is 5.91 Å². The Morgan fingerprint density at radius 3 is 2.80 bits per heavy atom. The molecule has 1 amide bonds. The fourth-order valence-electron chi connectivity index (χ4n) is 2.51. The highest BCUT2D eigenvalue weighted by atomic mass is 127. The number of nitrogens with zero attached hydrogens (tertiary/aromatic N) is 2. The van der Waals surface area contributed by atoms with Gasteiger partial charge in [-0.1, -0.05) is 11.6 Å². The predicted molar refractivity (Wildman–Crippen MR) is 104 cm³/mol. The van der Waals surface area contributed by atoms with Gasteiger partial charge in [-0.15, -0.1) is 0 Å². The Morgan fingerprint density at radius 2 is 2.04 bits per heavy atom. The third-order valence-electron chi connectivity index (χ3n) is 3.74. The number of fused-ring (bicyclic) bond motifs is 1. The Balaban J connectivity index is 1.60. The Bertz CT molecular complexity index is 1100. The highest BCUT2D eigenvalue weighted by Crippen LogP contribution is 2.28. The number of rotatable bonds is 3. The van der Waals surface area contributed by atoms with Crippen LogP contribution in [0, 0.1) is 17.6 Å². The minimum absolute atomic E-state index is 0.282. The molecule has 0 radical (unpaired) electrons. The fourth-order valence-corrected chi connectivity index (χ4v) is 3.50. The van der Waals surface area contributed by atoms with E-state index in [4.69, 9.17) is 8.83 Å². The van der Waals surface area contributed by atoms with Crippen molar-refractivity contribution in [2.75, 3.05) is 5.32 Å². The minimum Gasteiger partial charge on any atom is -0.451 e. The molecule has 0 aliphatic carbocycles. The summed E-state index contributed by atoms with van der Waals surface area (Å²) in [5.41, 5.74) is 2.61. The summed E-state index contributed by atoms with van der Waals surface area (Å²) < 4.78 is 16.1. The van der Waals surface area contributed by atoms with Crippen LogP contribution in [0.2, 0.25) is 0 Å². The van der Waals surface area contributed by atoms with Crippen LogP contribution in [0.5, 0.6) is 0 Å². The molecule has 4 aromatic rings. The number of amides is 1. The molecule has 0 fully saturated rings. The van der Waals surface area contributed by atoms with E-state index in [0.29, 0.717) is 22.3 Å². The number of carbonyl (C=O) groups is 1. The van der Waals surface area contributed by atoms with E-state index < -0.39 is 0 Å². The standard InChI is InChI=1S/C17H12IN3O3S/c1-8-3-4-11-10(7-8)9(2)14(24-11)16(22)20-17-19-15(21-25-17)12-5-6-13(18)23-12/h3-7H,1-2H3,(H,19,20,21,22). The molecule has 0 unspecified atom stereocenters. The molecule has 4 rings (SSSR count). The van der Waals surface area contributed by atoms with E-state index in [0.717, 1.165) is 31.8 Å². The van der Waals surface area contributed by atoms with Crippen molar-refractivity contribution in [3.05, 3.63) is 51.0 Å². The number of halogens is 1. The molecule has 6 nitrogen and oxygen atoms in total. The molecule has 0 saturated carbocycles. The summed E-state index contributed by atoms with van der Waals surface area (Å²) in [5, 5.41) is 4.07. The zero-order valence-electron chi connectivity index (χ0n) is 13.3. The van der Waals surface area contributed by atoms with Crippen molar-refractivity contribution >= 4 is 56.1 Å². The van der Waals surface area contributed by atoms with Gasteiger partial charge in [0.1, 0.15) is 5.58 Å². The van der Waals surface area contributed by atoms with Crippen LogP contribution in [0.15, 0.2) is 39.2 Å². The quantitative estimate of drug-likeness (QED) is 0.430. The molecule has 0 saturated heterocycles. The number of aromatic nitrogens is 2. The zero-order chi connectivity index (χ0) is 17.6. The number of anilines is 1. The molecular weight excluding hydrogens is 453 g/mol. The molecule has 0 aliphatic rings. The first-order chi connectivity index (χ1) is 12.0. The Hall–Kier alpha value is -2.20. The van der Waals surface area contributed by atoms with Gasteiger partial charge in [-0.25, -0.2) is 0 Å². The van der Waals surface area contributed by atoms with Crippen LogP contribution in [0.1, 0.15) is 21.7 Å². The lowest BCUT2D eigenvalue weighted by Crippen LogP contribution is -2.11. The zero-order valence-corrected chi connectivity index (χ0v) is 16.3. The van der Waals surface area contributed by atoms with Crippen molar-refractivity contribution in [2.45, 2.75) is 13.8 Å². The molecule has 3 heterocycles. The number of furan rings is 2. The van der Waals surface area contributed by atoms with Crippen molar-refractivity contribution in [3.8, 4) is 11.6 Å². The van der Waals surface area contributed by atoms with Gasteiger partial charge in [-0.2, -0.15) is 9.36 Å². The van der Waals surface area contributed by atoms with Gasteiger partial charge in [0.15, 0.2) is 15.3 Å². The van der Waals surface area contributed by atoms with Crippen LogP contribution in [-0.4, -0.2) is 15.3 Å². The second-order valence-electron chi connectivity index (χ2n) is 5.54. The van der Waals surface area contributed by atoms with Crippen molar-refractivity contribution in [1.82, 2.24) is 9.36 Å². The fraction of sp³-hybridized carbons (Fsp3) is 0.118. The largest absolute Gasteiger partial charge is 0.451 e. The van der Waals surface area contributed by atoms with Crippen LogP contribution in [0.4, 0.5) is 5.13 Å². The van der Waals surface area contributed by atoms with Crippen molar-refractivity contribution in [1.29, 1.82) is 0 Å². The number of hydrogen-bond donors (Lipinski definition) is 1. The highest BCUT2D eigenvalue weighted by Gasteiger charge is 2.20. The average Bonchev–Trinajstić information content (AvgIpc) is 3.28. The van der Waals surface area contributed by atoms with Gasteiger partial charge >= 0.3 is 0 Å². The monoisotopic (exact) mass is 465 g/mol. The van der Waals surface area contributed by atoms with Gasteiger partial charge in [-0.3, -0.25) is 10.1 Å². The minimum atomic E-state index is -0.344. The van der Waals surface area contributed by atoms with Crippen LogP contribution in [-0.2, 0) is 0 Å². The lowest BCUT2D eigenvalue weighted by molar-refractivity contribution is 0.0998. The van der Waals surface area contributed by atoms with E-state index >= 15 is 0 Å².